The molecular formula is C7H16N6S. The van der Waals surface area contributed by atoms with Crippen LogP contribution >= 0.6 is 12.6 Å². The van der Waals surface area contributed by atoms with Gasteiger partial charge in [0.05, 0.1) is 0 Å². The van der Waals surface area contributed by atoms with Crippen LogP contribution in [0.3, 0.4) is 0 Å². The number of nitrogens with zero attached hydrogens (tertiary/aromatic N) is 4. The molecule has 0 aliphatic carbocycles. The maximum Gasteiger partial charge on any atom is 0.198 e. The van der Waals surface area contributed by atoms with E-state index in [0.717, 1.165) is 19.5 Å². The van der Waals surface area contributed by atoms with Crippen molar-refractivity contribution in [2.45, 2.75) is 11.4 Å². The SMILES string of the molecule is CN(C)CCCN(N)c1nn[nH]c1S. The first-order valence-corrected chi connectivity index (χ1v) is 4.83. The Morgan fingerprint density at radius 3 is 2.64 bits per heavy atom. The molecule has 0 saturated carbocycles. The van der Waals surface area contributed by atoms with Crippen molar-refractivity contribution in [1.29, 1.82) is 0 Å². The van der Waals surface area contributed by atoms with Crippen LogP contribution in [0.1, 0.15) is 6.42 Å². The highest BCUT2D eigenvalue weighted by Gasteiger charge is 2.08. The van der Waals surface area contributed by atoms with Crippen molar-refractivity contribution in [3.8, 4) is 0 Å². The number of rotatable bonds is 5. The lowest BCUT2D eigenvalue weighted by Gasteiger charge is -2.17. The van der Waals surface area contributed by atoms with E-state index in [0.29, 0.717) is 10.8 Å². The van der Waals surface area contributed by atoms with E-state index >= 15 is 0 Å². The molecule has 80 valence electrons. The van der Waals surface area contributed by atoms with Crippen molar-refractivity contribution in [1.82, 2.24) is 20.3 Å². The number of thiol groups is 1. The second-order valence-corrected chi connectivity index (χ2v) is 3.78. The Hall–Kier alpha value is -0.790. The van der Waals surface area contributed by atoms with E-state index in [-0.39, 0.29) is 0 Å². The van der Waals surface area contributed by atoms with Gasteiger partial charge in [-0.2, -0.15) is 0 Å². The molecule has 0 aliphatic heterocycles. The van der Waals surface area contributed by atoms with E-state index in [1.807, 2.05) is 14.1 Å². The minimum Gasteiger partial charge on any atom is -0.309 e. The molecule has 0 aliphatic rings. The second-order valence-electron chi connectivity index (χ2n) is 3.33. The number of anilines is 1. The van der Waals surface area contributed by atoms with Crippen molar-refractivity contribution >= 4 is 18.4 Å². The molecule has 0 saturated heterocycles. The van der Waals surface area contributed by atoms with Crippen LogP contribution in [0, 0.1) is 0 Å². The Morgan fingerprint density at radius 2 is 2.14 bits per heavy atom. The number of aromatic amines is 1. The Kier molecular flexibility index (Phi) is 4.18. The lowest BCUT2D eigenvalue weighted by Crippen LogP contribution is -2.34. The lowest BCUT2D eigenvalue weighted by molar-refractivity contribution is 0.400. The Morgan fingerprint density at radius 1 is 1.43 bits per heavy atom. The first-order valence-electron chi connectivity index (χ1n) is 4.38. The zero-order valence-electron chi connectivity index (χ0n) is 8.43. The van der Waals surface area contributed by atoms with Crippen molar-refractivity contribution in [3.05, 3.63) is 0 Å². The standard InChI is InChI=1S/C7H16N6S/c1-12(2)4-3-5-13(8)6-7(14)10-11-9-6/h3-5,8H2,1-2H3,(H2,9,10,11,14). The van der Waals surface area contributed by atoms with E-state index in [1.165, 1.54) is 0 Å². The first kappa shape index (κ1) is 11.3. The van der Waals surface area contributed by atoms with Crippen molar-refractivity contribution in [2.24, 2.45) is 5.84 Å². The summed E-state index contributed by atoms with van der Waals surface area (Å²) in [4.78, 5) is 2.11. The quantitative estimate of drug-likeness (QED) is 0.359. The topological polar surface area (TPSA) is 74.1 Å². The molecule has 0 fully saturated rings. The van der Waals surface area contributed by atoms with Gasteiger partial charge in [0, 0.05) is 6.54 Å². The second kappa shape index (κ2) is 5.18. The van der Waals surface area contributed by atoms with Crippen LogP contribution in [-0.4, -0.2) is 47.5 Å². The lowest BCUT2D eigenvalue weighted by atomic mass is 10.4. The van der Waals surface area contributed by atoms with Crippen molar-refractivity contribution in [2.75, 3.05) is 32.2 Å². The molecule has 0 spiro atoms. The van der Waals surface area contributed by atoms with Gasteiger partial charge in [-0.1, -0.05) is 5.21 Å². The summed E-state index contributed by atoms with van der Waals surface area (Å²) in [7, 11) is 4.06. The number of hydrogen-bond acceptors (Lipinski definition) is 6. The van der Waals surface area contributed by atoms with Gasteiger partial charge in [-0.05, 0) is 27.1 Å². The molecule has 1 heterocycles. The molecule has 0 unspecified atom stereocenters. The smallest absolute Gasteiger partial charge is 0.198 e. The summed E-state index contributed by atoms with van der Waals surface area (Å²) in [6.07, 6.45) is 0.976. The van der Waals surface area contributed by atoms with Gasteiger partial charge in [0.2, 0.25) is 0 Å². The van der Waals surface area contributed by atoms with Crippen LogP contribution in [-0.2, 0) is 0 Å². The zero-order valence-corrected chi connectivity index (χ0v) is 9.33. The summed E-state index contributed by atoms with van der Waals surface area (Å²) in [5, 5.41) is 12.2. The average molecular weight is 216 g/mol. The molecule has 1 rings (SSSR count). The molecule has 1 aromatic heterocycles. The molecule has 0 amide bonds. The third kappa shape index (κ3) is 3.17. The van der Waals surface area contributed by atoms with E-state index < -0.39 is 0 Å². The summed E-state index contributed by atoms with van der Waals surface area (Å²) < 4.78 is 0. The number of nitrogens with one attached hydrogen (secondary N) is 1. The largest absolute Gasteiger partial charge is 0.309 e. The summed E-state index contributed by atoms with van der Waals surface area (Å²) in [6.45, 7) is 1.73. The van der Waals surface area contributed by atoms with Gasteiger partial charge >= 0.3 is 0 Å². The summed E-state index contributed by atoms with van der Waals surface area (Å²) in [5.74, 6) is 6.36. The van der Waals surface area contributed by atoms with E-state index in [9.17, 15) is 0 Å². The third-order valence-electron chi connectivity index (χ3n) is 1.79. The van der Waals surface area contributed by atoms with Gasteiger partial charge in [-0.15, -0.1) is 17.7 Å². The van der Waals surface area contributed by atoms with E-state index in [4.69, 9.17) is 5.84 Å². The molecule has 6 nitrogen and oxygen atoms in total. The highest BCUT2D eigenvalue weighted by molar-refractivity contribution is 7.80. The third-order valence-corrected chi connectivity index (χ3v) is 2.09. The highest BCUT2D eigenvalue weighted by atomic mass is 32.1. The van der Waals surface area contributed by atoms with Gasteiger partial charge in [0.15, 0.2) is 5.82 Å². The van der Waals surface area contributed by atoms with Gasteiger partial charge in [-0.25, -0.2) is 10.9 Å². The molecular weight excluding hydrogens is 200 g/mol. The molecule has 0 atom stereocenters. The van der Waals surface area contributed by atoms with Gasteiger partial charge in [0.25, 0.3) is 0 Å². The molecule has 0 radical (unpaired) electrons. The minimum atomic E-state index is 0.590. The summed E-state index contributed by atoms with van der Waals surface area (Å²) in [5.41, 5.74) is 0. The van der Waals surface area contributed by atoms with E-state index in [2.05, 4.69) is 32.9 Å². The number of nitrogens with two attached hydrogens (primary N) is 1. The number of aromatic nitrogens is 3. The Labute approximate surface area is 88.8 Å². The van der Waals surface area contributed by atoms with Gasteiger partial charge < -0.3 is 4.90 Å². The average Bonchev–Trinajstić information content (AvgIpc) is 2.50. The van der Waals surface area contributed by atoms with Gasteiger partial charge in [0.1, 0.15) is 5.03 Å². The Bertz CT molecular complexity index is 273. The molecule has 0 aromatic carbocycles. The summed E-state index contributed by atoms with van der Waals surface area (Å²) in [6, 6.07) is 0. The molecule has 7 heteroatoms. The van der Waals surface area contributed by atoms with Crippen molar-refractivity contribution < 1.29 is 0 Å². The van der Waals surface area contributed by atoms with Crippen LogP contribution in [0.5, 0.6) is 0 Å². The predicted molar refractivity (Wildman–Crippen MR) is 58.3 cm³/mol. The fraction of sp³-hybridized carbons (Fsp3) is 0.714. The number of hydrazine groups is 1. The number of hydrogen-bond donors (Lipinski definition) is 3. The zero-order chi connectivity index (χ0) is 10.6. The fourth-order valence-electron chi connectivity index (χ4n) is 1.07. The fourth-order valence-corrected chi connectivity index (χ4v) is 1.29. The monoisotopic (exact) mass is 216 g/mol. The maximum absolute atomic E-state index is 5.77. The minimum absolute atomic E-state index is 0.590. The first-order chi connectivity index (χ1) is 6.61. The molecule has 3 N–H and O–H groups in total. The van der Waals surface area contributed by atoms with Crippen LogP contribution in [0.2, 0.25) is 0 Å². The normalized spacial score (nSPS) is 10.9. The van der Waals surface area contributed by atoms with Crippen LogP contribution in [0.15, 0.2) is 5.03 Å². The van der Waals surface area contributed by atoms with E-state index in [1.54, 1.807) is 5.01 Å². The van der Waals surface area contributed by atoms with Gasteiger partial charge in [-0.3, -0.25) is 5.01 Å². The predicted octanol–water partition coefficient (Wildman–Crippen LogP) is -0.275. The summed E-state index contributed by atoms with van der Waals surface area (Å²) >= 11 is 4.14. The van der Waals surface area contributed by atoms with Crippen LogP contribution < -0.4 is 10.9 Å². The maximum atomic E-state index is 5.77. The Balaban J connectivity index is 2.36. The highest BCUT2D eigenvalue weighted by Crippen LogP contribution is 2.14. The molecule has 14 heavy (non-hydrogen) atoms. The molecule has 0 bridgehead atoms. The van der Waals surface area contributed by atoms with Crippen LogP contribution in [0.25, 0.3) is 0 Å². The van der Waals surface area contributed by atoms with Crippen LogP contribution in [0.4, 0.5) is 5.82 Å². The molecule has 1 aromatic rings. The number of H-pyrrole nitrogens is 1. The van der Waals surface area contributed by atoms with Crippen molar-refractivity contribution in [3.63, 3.8) is 0 Å².